The number of aliphatic hydroxyl groups is 1. The summed E-state index contributed by atoms with van der Waals surface area (Å²) in [6.07, 6.45) is 0. The third kappa shape index (κ3) is 6.58. The minimum Gasteiger partial charge on any atom is -0.497 e. The van der Waals surface area contributed by atoms with Crippen LogP contribution in [0.2, 0.25) is 0 Å². The lowest BCUT2D eigenvalue weighted by molar-refractivity contribution is 0.281. The lowest BCUT2D eigenvalue weighted by Crippen LogP contribution is -2.21. The fraction of sp³-hybridized carbons (Fsp3) is 0.238. The molecule has 0 aliphatic carbocycles. The summed E-state index contributed by atoms with van der Waals surface area (Å²) in [4.78, 5) is 8.89. The number of aromatic nitrogens is 2. The topological polar surface area (TPSA) is 113 Å². The van der Waals surface area contributed by atoms with E-state index in [0.29, 0.717) is 22.5 Å². The first-order chi connectivity index (χ1) is 14.9. The molecule has 164 valence electrons. The third-order valence-electron chi connectivity index (χ3n) is 4.19. The average molecular weight is 461 g/mol. The van der Waals surface area contributed by atoms with Crippen LogP contribution >= 0.6 is 11.8 Å². The van der Waals surface area contributed by atoms with Gasteiger partial charge >= 0.3 is 0 Å². The van der Waals surface area contributed by atoms with Crippen LogP contribution in [0, 0.1) is 0 Å². The van der Waals surface area contributed by atoms with Crippen LogP contribution in [-0.2, 0) is 15.8 Å². The lowest BCUT2D eigenvalue weighted by atomic mass is 10.2. The summed E-state index contributed by atoms with van der Waals surface area (Å²) >= 11 is 1.39. The fourth-order valence-corrected chi connectivity index (χ4v) is 4.39. The molecule has 1 atom stereocenters. The highest BCUT2D eigenvalue weighted by molar-refractivity contribution is 7.98. The van der Waals surface area contributed by atoms with E-state index in [1.54, 1.807) is 19.1 Å². The van der Waals surface area contributed by atoms with Crippen molar-refractivity contribution in [2.75, 3.05) is 23.8 Å². The van der Waals surface area contributed by atoms with Gasteiger partial charge in [0.05, 0.1) is 18.6 Å². The van der Waals surface area contributed by atoms with E-state index in [4.69, 9.17) is 4.74 Å². The normalized spacial score (nSPS) is 12.2. The minimum absolute atomic E-state index is 0.0867. The lowest BCUT2D eigenvalue weighted by Gasteiger charge is -2.14. The summed E-state index contributed by atoms with van der Waals surface area (Å²) in [6.45, 7) is 1.70. The molecule has 0 aliphatic rings. The van der Waals surface area contributed by atoms with Gasteiger partial charge in [-0.1, -0.05) is 42.1 Å². The smallest absolute Gasteiger partial charge is 0.263 e. The molecule has 0 spiro atoms. The number of ether oxygens (including phenoxy) is 1. The Kier molecular flexibility index (Phi) is 7.72. The molecule has 0 radical (unpaired) electrons. The number of sulfonamides is 1. The second kappa shape index (κ2) is 10.5. The van der Waals surface area contributed by atoms with Gasteiger partial charge < -0.3 is 15.2 Å². The van der Waals surface area contributed by atoms with Gasteiger partial charge in [-0.15, -0.1) is 0 Å². The number of hydrogen-bond donors (Lipinski definition) is 3. The highest BCUT2D eigenvalue weighted by atomic mass is 32.2. The molecule has 2 aromatic carbocycles. The van der Waals surface area contributed by atoms with Crippen LogP contribution in [0.4, 0.5) is 11.6 Å². The standard InChI is InChI=1S/C21H24N4O4S2/c1-15(13-26)22-19-12-20(24-21(23-19)30-14-16-6-4-3-5-7-16)25-31(27,28)18-10-8-17(29-2)9-11-18/h3-12,15,26H,13-14H2,1-2H3,(H2,22,23,24,25)/t15-/m1/s1. The first-order valence-corrected chi connectivity index (χ1v) is 12.0. The first kappa shape index (κ1) is 22.9. The van der Waals surface area contributed by atoms with Crippen LogP contribution in [0.3, 0.4) is 0 Å². The van der Waals surface area contributed by atoms with Crippen molar-refractivity contribution in [3.8, 4) is 5.75 Å². The van der Waals surface area contributed by atoms with Crippen molar-refractivity contribution in [1.29, 1.82) is 0 Å². The van der Waals surface area contributed by atoms with Crippen molar-refractivity contribution in [1.82, 2.24) is 9.97 Å². The number of nitrogens with one attached hydrogen (secondary N) is 2. The molecule has 8 nitrogen and oxygen atoms in total. The van der Waals surface area contributed by atoms with Crippen molar-refractivity contribution < 1.29 is 18.3 Å². The Bertz CT molecular complexity index is 1090. The summed E-state index contributed by atoms with van der Waals surface area (Å²) in [5.74, 6) is 1.74. The molecule has 0 saturated heterocycles. The van der Waals surface area contributed by atoms with Crippen LogP contribution in [0.25, 0.3) is 0 Å². The maximum absolute atomic E-state index is 12.8. The van der Waals surface area contributed by atoms with Crippen molar-refractivity contribution in [3.63, 3.8) is 0 Å². The molecule has 0 saturated carbocycles. The van der Waals surface area contributed by atoms with Crippen LogP contribution in [-0.4, -0.2) is 43.3 Å². The summed E-state index contributed by atoms with van der Waals surface area (Å²) < 4.78 is 33.2. The van der Waals surface area contributed by atoms with Gasteiger partial charge in [-0.3, -0.25) is 4.72 Å². The number of nitrogens with zero attached hydrogens (tertiary/aromatic N) is 2. The summed E-state index contributed by atoms with van der Waals surface area (Å²) in [7, 11) is -2.34. The van der Waals surface area contributed by atoms with E-state index in [-0.39, 0.29) is 23.4 Å². The molecule has 3 N–H and O–H groups in total. The van der Waals surface area contributed by atoms with E-state index in [9.17, 15) is 13.5 Å². The highest BCUT2D eigenvalue weighted by Crippen LogP contribution is 2.25. The van der Waals surface area contributed by atoms with Crippen molar-refractivity contribution >= 4 is 33.4 Å². The summed E-state index contributed by atoms with van der Waals surface area (Å²) in [5.41, 5.74) is 1.10. The van der Waals surface area contributed by atoms with Gasteiger partial charge in [0.15, 0.2) is 5.16 Å². The van der Waals surface area contributed by atoms with E-state index < -0.39 is 10.0 Å². The average Bonchev–Trinajstić information content (AvgIpc) is 2.78. The van der Waals surface area contributed by atoms with Crippen molar-refractivity contribution in [2.24, 2.45) is 0 Å². The maximum atomic E-state index is 12.8. The third-order valence-corrected chi connectivity index (χ3v) is 6.48. The Balaban J connectivity index is 1.85. The van der Waals surface area contributed by atoms with Crippen LogP contribution < -0.4 is 14.8 Å². The van der Waals surface area contributed by atoms with Gasteiger partial charge in [-0.25, -0.2) is 18.4 Å². The van der Waals surface area contributed by atoms with Gasteiger partial charge in [-0.05, 0) is 36.8 Å². The predicted octanol–water partition coefficient (Wildman–Crippen LogP) is 3.37. The molecule has 3 rings (SSSR count). The van der Waals surface area contributed by atoms with Gasteiger partial charge in [0.25, 0.3) is 10.0 Å². The van der Waals surface area contributed by atoms with Crippen LogP contribution in [0.15, 0.2) is 70.7 Å². The monoisotopic (exact) mass is 460 g/mol. The maximum Gasteiger partial charge on any atom is 0.263 e. The second-order valence-electron chi connectivity index (χ2n) is 6.70. The van der Waals surface area contributed by atoms with Crippen LogP contribution in [0.5, 0.6) is 5.75 Å². The molecule has 1 aromatic heterocycles. The Labute approximate surface area is 186 Å². The Morgan fingerprint density at radius 3 is 2.39 bits per heavy atom. The fourth-order valence-electron chi connectivity index (χ4n) is 2.59. The molecule has 0 aliphatic heterocycles. The molecule has 0 unspecified atom stereocenters. The second-order valence-corrected chi connectivity index (χ2v) is 9.33. The van der Waals surface area contributed by atoms with Gasteiger partial charge in [0.2, 0.25) is 0 Å². The van der Waals surface area contributed by atoms with E-state index in [2.05, 4.69) is 20.0 Å². The predicted molar refractivity (Wildman–Crippen MR) is 122 cm³/mol. The molecule has 3 aromatic rings. The number of thioether (sulfide) groups is 1. The van der Waals surface area contributed by atoms with Gasteiger partial charge in [-0.2, -0.15) is 0 Å². The Morgan fingerprint density at radius 2 is 1.74 bits per heavy atom. The molecule has 0 bridgehead atoms. The SMILES string of the molecule is COc1ccc(S(=O)(=O)Nc2cc(N[C@H](C)CO)nc(SCc3ccccc3)n2)cc1. The minimum atomic E-state index is -3.86. The quantitative estimate of drug-likeness (QED) is 0.312. The number of anilines is 2. The number of aliphatic hydroxyl groups excluding tert-OH is 1. The number of rotatable bonds is 10. The van der Waals surface area contributed by atoms with E-state index in [1.807, 2.05) is 30.3 Å². The van der Waals surface area contributed by atoms with Gasteiger partial charge in [0.1, 0.15) is 17.4 Å². The zero-order valence-electron chi connectivity index (χ0n) is 17.1. The van der Waals surface area contributed by atoms with Gasteiger partial charge in [0, 0.05) is 17.9 Å². The molecule has 31 heavy (non-hydrogen) atoms. The number of hydrogen-bond acceptors (Lipinski definition) is 8. The summed E-state index contributed by atoms with van der Waals surface area (Å²) in [6, 6.07) is 17.1. The molecular weight excluding hydrogens is 436 g/mol. The molecular formula is C21H24N4O4S2. The Hall–Kier alpha value is -2.82. The van der Waals surface area contributed by atoms with Crippen molar-refractivity contribution in [3.05, 3.63) is 66.2 Å². The first-order valence-electron chi connectivity index (χ1n) is 9.49. The highest BCUT2D eigenvalue weighted by Gasteiger charge is 2.17. The molecule has 0 fully saturated rings. The molecule has 0 amide bonds. The molecule has 10 heteroatoms. The van der Waals surface area contributed by atoms with E-state index in [1.165, 1.54) is 37.1 Å². The molecule has 1 heterocycles. The number of methoxy groups -OCH3 is 1. The Morgan fingerprint density at radius 1 is 1.06 bits per heavy atom. The van der Waals surface area contributed by atoms with E-state index >= 15 is 0 Å². The zero-order valence-corrected chi connectivity index (χ0v) is 18.8. The summed E-state index contributed by atoms with van der Waals surface area (Å²) in [5, 5.41) is 12.8. The van der Waals surface area contributed by atoms with Crippen molar-refractivity contribution in [2.45, 2.75) is 28.8 Å². The largest absolute Gasteiger partial charge is 0.497 e. The number of benzene rings is 2. The zero-order chi connectivity index (χ0) is 22.3. The van der Waals surface area contributed by atoms with Crippen LogP contribution in [0.1, 0.15) is 12.5 Å². The van der Waals surface area contributed by atoms with E-state index in [0.717, 1.165) is 5.56 Å².